The minimum absolute atomic E-state index is 0.325. The normalized spacial score (nSPS) is 17.0. The molecule has 0 unspecified atom stereocenters. The van der Waals surface area contributed by atoms with Crippen LogP contribution in [-0.2, 0) is 92.3 Å². The number of ether oxygens (including phenoxy) is 8. The summed E-state index contributed by atoms with van der Waals surface area (Å²) in [7, 11) is -13.6. The molecule has 1 saturated heterocycles. The molecule has 0 aliphatic carbocycles. The molecule has 0 aromatic heterocycles. The maximum Gasteiger partial charge on any atom is 0.479 e. The average molecular weight is 1290 g/mol. The number of phosphoric ester groups is 3. The monoisotopic (exact) mass is 1290 g/mol. The van der Waals surface area contributed by atoms with Crippen LogP contribution in [0.25, 0.3) is 0 Å². The van der Waals surface area contributed by atoms with Crippen LogP contribution >= 0.6 is 23.5 Å². The van der Waals surface area contributed by atoms with Crippen LogP contribution in [0, 0.1) is 0 Å². The molecule has 0 amide bonds. The zero-order valence-corrected chi connectivity index (χ0v) is 57.0. The highest BCUT2D eigenvalue weighted by molar-refractivity contribution is 7.49. The van der Waals surface area contributed by atoms with Gasteiger partial charge in [-0.05, 0) is 38.5 Å². The van der Waals surface area contributed by atoms with E-state index in [-0.39, 0.29) is 26.8 Å². The van der Waals surface area contributed by atoms with E-state index in [0.717, 1.165) is 193 Å². The van der Waals surface area contributed by atoms with Crippen molar-refractivity contribution in [2.45, 2.75) is 297 Å². The lowest BCUT2D eigenvalue weighted by Gasteiger charge is -2.40. The Morgan fingerprint density at radius 2 is 0.576 bits per heavy atom. The molecular weight excluding hydrogens is 1160 g/mol. The molecule has 0 saturated carbocycles. The summed E-state index contributed by atoms with van der Waals surface area (Å²) in [4.78, 5) is 0. The largest absolute Gasteiger partial charge is 0.479 e. The second-order valence-electron chi connectivity index (χ2n) is 22.0. The van der Waals surface area contributed by atoms with Gasteiger partial charge in [0.2, 0.25) is 0 Å². The molecule has 85 heavy (non-hydrogen) atoms. The third-order valence-corrected chi connectivity index (χ3v) is 18.2. The Labute approximate surface area is 516 Å². The summed E-state index contributed by atoms with van der Waals surface area (Å²) in [6.45, 7) is 11.4. The first-order valence-electron chi connectivity index (χ1n) is 33.6. The Hall–Kier alpha value is -0.0300. The maximum absolute atomic E-state index is 14.8. The molecular formula is C61H125O21P3. The lowest BCUT2D eigenvalue weighted by molar-refractivity contribution is -0.268. The number of phosphoric acid groups is 3. The maximum atomic E-state index is 14.8. The van der Waals surface area contributed by atoms with Gasteiger partial charge in [0.25, 0.3) is 0 Å². The van der Waals surface area contributed by atoms with Crippen LogP contribution in [0.2, 0.25) is 0 Å². The summed E-state index contributed by atoms with van der Waals surface area (Å²) in [6, 6.07) is 0. The van der Waals surface area contributed by atoms with E-state index in [1.165, 1.54) is 38.5 Å². The van der Waals surface area contributed by atoms with E-state index in [2.05, 4.69) is 41.5 Å². The van der Waals surface area contributed by atoms with Crippen LogP contribution in [0.15, 0.2) is 0 Å². The number of unbranched alkanes of at least 4 members (excludes halogenated alkanes) is 30. The number of aliphatic hydroxyl groups is 1. The van der Waals surface area contributed by atoms with Crippen LogP contribution in [0.1, 0.15) is 273 Å². The van der Waals surface area contributed by atoms with Crippen molar-refractivity contribution in [1.29, 1.82) is 0 Å². The summed E-state index contributed by atoms with van der Waals surface area (Å²) in [6.07, 6.45) is 31.2. The molecule has 1 aliphatic heterocycles. The standard InChI is InChI=1S/C61H125O21P3/c1-7-13-19-25-31-37-43-66-52-75-83(63,76-53-67-44-38-32-26-20-14-8-2)74-50-49-72-61-59(62)60(82-85(65,79-56-70-47-41-35-29-23-17-11-5)80-57-71-48-42-36-30-24-18-12-6)58(51-73-61)81-84(64,77-54-68-45-39-33-27-21-15-9-3)78-55-69-46-40-34-28-22-16-10-4/h58-62H,7-57H2,1-6H3/t58-,59-,60+,61+/m1/s1. The predicted octanol–water partition coefficient (Wildman–Crippen LogP) is 17.9. The van der Waals surface area contributed by atoms with E-state index in [9.17, 15) is 18.8 Å². The third kappa shape index (κ3) is 49.3. The van der Waals surface area contributed by atoms with E-state index >= 15 is 0 Å². The van der Waals surface area contributed by atoms with Gasteiger partial charge in [-0.3, -0.25) is 40.7 Å². The molecule has 1 N–H and O–H groups in total. The molecule has 1 heterocycles. The van der Waals surface area contributed by atoms with Crippen LogP contribution in [-0.4, -0.2) is 130 Å². The summed E-state index contributed by atoms with van der Waals surface area (Å²) in [5.74, 6) is 0. The zero-order valence-electron chi connectivity index (χ0n) is 54.3. The smallest absolute Gasteiger partial charge is 0.385 e. The molecule has 1 aliphatic rings. The van der Waals surface area contributed by atoms with Gasteiger partial charge in [-0.15, -0.1) is 0 Å². The van der Waals surface area contributed by atoms with Gasteiger partial charge in [0.15, 0.2) is 47.0 Å². The number of hydrogen-bond donors (Lipinski definition) is 1. The van der Waals surface area contributed by atoms with Crippen molar-refractivity contribution in [2.24, 2.45) is 0 Å². The molecule has 1 fully saturated rings. The van der Waals surface area contributed by atoms with Gasteiger partial charge in [0.05, 0.1) is 19.8 Å². The van der Waals surface area contributed by atoms with Gasteiger partial charge >= 0.3 is 23.5 Å². The molecule has 0 spiro atoms. The Balaban J connectivity index is 3.40. The van der Waals surface area contributed by atoms with Gasteiger partial charge in [0, 0.05) is 39.6 Å². The highest BCUT2D eigenvalue weighted by atomic mass is 31.2. The zero-order chi connectivity index (χ0) is 61.9. The molecule has 1 rings (SSSR count). The lowest BCUT2D eigenvalue weighted by Crippen LogP contribution is -2.55. The van der Waals surface area contributed by atoms with Crippen LogP contribution in [0.3, 0.4) is 0 Å². The topological polar surface area (TPSA) is 228 Å². The molecule has 510 valence electrons. The number of aliphatic hydroxyl groups excluding tert-OH is 1. The van der Waals surface area contributed by atoms with E-state index in [1.807, 2.05) is 0 Å². The first-order chi connectivity index (χ1) is 41.5. The highest BCUT2D eigenvalue weighted by Crippen LogP contribution is 2.56. The fraction of sp³-hybridized carbons (Fsp3) is 1.00. The first kappa shape index (κ1) is 83.0. The van der Waals surface area contributed by atoms with E-state index < -0.39 is 81.8 Å². The molecule has 0 aromatic carbocycles. The van der Waals surface area contributed by atoms with Gasteiger partial charge < -0.3 is 43.0 Å². The SMILES string of the molecule is CCCCCCCCOCOP(=O)(OCCO[C@H]1OC[C@@H](OP(=O)(OCOCCCCCCCC)OCOCCCCCCCC)[C@H](OP(=O)(OCOCCCCCCCC)OCOCCCCCCCC)[C@H]1O)OCOCCCCCCCC. The second-order valence-corrected chi connectivity index (χ2v) is 26.9. The van der Waals surface area contributed by atoms with Gasteiger partial charge in [-0.2, -0.15) is 0 Å². The fourth-order valence-corrected chi connectivity index (χ4v) is 12.1. The van der Waals surface area contributed by atoms with Crippen molar-refractivity contribution in [3.05, 3.63) is 0 Å². The van der Waals surface area contributed by atoms with Crippen molar-refractivity contribution >= 4 is 23.5 Å². The molecule has 0 radical (unpaired) electrons. The fourth-order valence-electron chi connectivity index (χ4n) is 8.93. The predicted molar refractivity (Wildman–Crippen MR) is 332 cm³/mol. The van der Waals surface area contributed by atoms with Gasteiger partial charge in [-0.25, -0.2) is 13.7 Å². The summed E-state index contributed by atoms with van der Waals surface area (Å²) < 4.78 is 142. The Morgan fingerprint density at radius 1 is 0.318 bits per heavy atom. The summed E-state index contributed by atoms with van der Waals surface area (Å²) in [5.41, 5.74) is 0. The van der Waals surface area contributed by atoms with Crippen molar-refractivity contribution in [2.75, 3.05) is 100 Å². The lowest BCUT2D eigenvalue weighted by atomic mass is 10.1. The number of rotatable bonds is 69. The minimum Gasteiger partial charge on any atom is -0.385 e. The van der Waals surface area contributed by atoms with E-state index in [1.54, 1.807) is 0 Å². The molecule has 4 atom stereocenters. The van der Waals surface area contributed by atoms with Gasteiger partial charge in [-0.1, -0.05) is 234 Å². The summed E-state index contributed by atoms with van der Waals surface area (Å²) >= 11 is 0. The van der Waals surface area contributed by atoms with Crippen molar-refractivity contribution < 1.29 is 97.4 Å². The Morgan fingerprint density at radius 3 is 0.871 bits per heavy atom. The van der Waals surface area contributed by atoms with E-state index in [4.69, 9.17) is 78.6 Å². The van der Waals surface area contributed by atoms with Crippen molar-refractivity contribution in [3.63, 3.8) is 0 Å². The van der Waals surface area contributed by atoms with Crippen LogP contribution in [0.4, 0.5) is 0 Å². The molecule has 0 bridgehead atoms. The number of hydrogen-bond acceptors (Lipinski definition) is 21. The van der Waals surface area contributed by atoms with Crippen molar-refractivity contribution in [1.82, 2.24) is 0 Å². The second kappa shape index (κ2) is 60.2. The third-order valence-electron chi connectivity index (χ3n) is 14.2. The average Bonchev–Trinajstić information content (AvgIpc) is 2.64. The molecule has 21 nitrogen and oxygen atoms in total. The quantitative estimate of drug-likeness (QED) is 0.0339. The molecule has 24 heteroatoms. The van der Waals surface area contributed by atoms with Crippen LogP contribution < -0.4 is 0 Å². The Kier molecular flexibility index (Phi) is 58.8. The van der Waals surface area contributed by atoms with Gasteiger partial charge in [0.1, 0.15) is 18.3 Å². The van der Waals surface area contributed by atoms with Crippen molar-refractivity contribution in [3.8, 4) is 0 Å². The summed E-state index contributed by atoms with van der Waals surface area (Å²) in [5, 5.41) is 12.1. The highest BCUT2D eigenvalue weighted by Gasteiger charge is 2.50. The first-order valence-corrected chi connectivity index (χ1v) is 38.0. The van der Waals surface area contributed by atoms with E-state index in [0.29, 0.717) is 39.6 Å². The Bertz CT molecular complexity index is 1480. The minimum atomic E-state index is -4.73. The molecule has 0 aromatic rings. The van der Waals surface area contributed by atoms with Crippen LogP contribution in [0.5, 0.6) is 0 Å².